The molecule has 1 heterocycles. The highest BCUT2D eigenvalue weighted by atomic mass is 31.2. The Hall–Kier alpha value is -0.960. The SMILES string of the molecule is O=P(O)(O)[N+]1=CCc2ccccc21. The Labute approximate surface area is 75.4 Å². The Balaban J connectivity index is 2.54. The largest absolute Gasteiger partial charge is 0.607 e. The number of rotatable bonds is 1. The molecule has 1 aliphatic rings. The van der Waals surface area contributed by atoms with Crippen molar-refractivity contribution in [3.63, 3.8) is 0 Å². The minimum Gasteiger partial charge on any atom is -0.271 e. The molecule has 0 atom stereocenters. The van der Waals surface area contributed by atoms with Crippen molar-refractivity contribution in [1.29, 1.82) is 0 Å². The standard InChI is InChI=1S/C8H8NO3P/c10-13(11,12)9-6-5-7-3-1-2-4-8(7)9/h1-4,6H,5H2,(H-,10,11,12)/p+1. The van der Waals surface area contributed by atoms with Gasteiger partial charge in [-0.05, 0) is 0 Å². The van der Waals surface area contributed by atoms with E-state index < -0.39 is 7.75 Å². The van der Waals surface area contributed by atoms with Crippen molar-refractivity contribution in [3.05, 3.63) is 29.8 Å². The maximum absolute atomic E-state index is 11.0. The summed E-state index contributed by atoms with van der Waals surface area (Å²) in [4.78, 5) is 17.9. The van der Waals surface area contributed by atoms with Crippen molar-refractivity contribution in [2.24, 2.45) is 0 Å². The van der Waals surface area contributed by atoms with Gasteiger partial charge >= 0.3 is 7.75 Å². The van der Waals surface area contributed by atoms with E-state index in [0.717, 1.165) is 9.91 Å². The molecule has 0 radical (unpaired) electrons. The van der Waals surface area contributed by atoms with Crippen molar-refractivity contribution in [2.45, 2.75) is 6.42 Å². The quantitative estimate of drug-likeness (QED) is 0.663. The average molecular weight is 198 g/mol. The van der Waals surface area contributed by atoms with Gasteiger partial charge in [-0.2, -0.15) is 4.57 Å². The number of para-hydroxylation sites is 1. The van der Waals surface area contributed by atoms with Gasteiger partial charge in [-0.15, -0.1) is 4.35 Å². The molecule has 4 nitrogen and oxygen atoms in total. The molecule has 0 amide bonds. The number of hydrogen-bond acceptors (Lipinski definition) is 1. The summed E-state index contributed by atoms with van der Waals surface area (Å²) >= 11 is 0. The van der Waals surface area contributed by atoms with Crippen LogP contribution in [0.3, 0.4) is 0 Å². The molecule has 2 rings (SSSR count). The van der Waals surface area contributed by atoms with Crippen LogP contribution in [0.1, 0.15) is 5.56 Å². The monoisotopic (exact) mass is 198 g/mol. The van der Waals surface area contributed by atoms with Crippen molar-refractivity contribution in [3.8, 4) is 0 Å². The number of hydrogen-bond donors (Lipinski definition) is 2. The Morgan fingerprint density at radius 3 is 2.69 bits per heavy atom. The molecule has 0 aliphatic carbocycles. The molecule has 0 bridgehead atoms. The van der Waals surface area contributed by atoms with Crippen LogP contribution in [0.2, 0.25) is 0 Å². The van der Waals surface area contributed by atoms with E-state index >= 15 is 0 Å². The van der Waals surface area contributed by atoms with E-state index in [4.69, 9.17) is 9.79 Å². The van der Waals surface area contributed by atoms with Crippen molar-refractivity contribution >= 4 is 19.6 Å². The second-order valence-corrected chi connectivity index (χ2v) is 4.33. The molecular formula is C8H9NO3P+. The molecule has 0 aromatic heterocycles. The topological polar surface area (TPSA) is 60.5 Å². The van der Waals surface area contributed by atoms with E-state index in [1.165, 1.54) is 6.21 Å². The molecular weight excluding hydrogens is 189 g/mol. The van der Waals surface area contributed by atoms with E-state index in [1.807, 2.05) is 12.1 Å². The molecule has 0 unspecified atom stereocenters. The van der Waals surface area contributed by atoms with Gasteiger partial charge < -0.3 is 0 Å². The lowest BCUT2D eigenvalue weighted by molar-refractivity contribution is -0.291. The minimum absolute atomic E-state index is 0.585. The average Bonchev–Trinajstić information content (AvgIpc) is 2.45. The zero-order valence-electron chi connectivity index (χ0n) is 6.79. The van der Waals surface area contributed by atoms with Crippen LogP contribution in [-0.2, 0) is 11.0 Å². The zero-order chi connectivity index (χ0) is 9.47. The van der Waals surface area contributed by atoms with Gasteiger partial charge in [0.15, 0.2) is 6.21 Å². The molecule has 1 aromatic rings. The van der Waals surface area contributed by atoms with Crippen molar-refractivity contribution in [1.82, 2.24) is 0 Å². The summed E-state index contributed by atoms with van der Waals surface area (Å²) < 4.78 is 12.0. The fourth-order valence-electron chi connectivity index (χ4n) is 1.44. The number of benzene rings is 1. The number of nitrogens with zero attached hydrogens (tertiary/aromatic N) is 1. The van der Waals surface area contributed by atoms with Gasteiger partial charge in [0.2, 0.25) is 5.69 Å². The maximum atomic E-state index is 11.0. The first-order valence-electron chi connectivity index (χ1n) is 3.85. The molecule has 13 heavy (non-hydrogen) atoms. The van der Waals surface area contributed by atoms with Crippen LogP contribution in [0.25, 0.3) is 0 Å². The van der Waals surface area contributed by atoms with Gasteiger partial charge in [-0.3, -0.25) is 9.79 Å². The van der Waals surface area contributed by atoms with Gasteiger partial charge in [-0.25, -0.2) is 0 Å². The summed E-state index contributed by atoms with van der Waals surface area (Å²) in [6.45, 7) is 0. The Kier molecular flexibility index (Phi) is 1.84. The molecule has 1 aromatic carbocycles. The summed E-state index contributed by atoms with van der Waals surface area (Å²) in [6.07, 6.45) is 2.10. The second kappa shape index (κ2) is 2.77. The lowest BCUT2D eigenvalue weighted by Gasteiger charge is -1.99. The van der Waals surface area contributed by atoms with Gasteiger partial charge in [0, 0.05) is 11.6 Å². The third-order valence-corrected chi connectivity index (χ3v) is 2.94. The van der Waals surface area contributed by atoms with E-state index in [2.05, 4.69) is 0 Å². The van der Waals surface area contributed by atoms with Crippen molar-refractivity contribution in [2.75, 3.05) is 0 Å². The highest BCUT2D eigenvalue weighted by molar-refractivity contribution is 7.45. The Morgan fingerprint density at radius 2 is 2.00 bits per heavy atom. The minimum atomic E-state index is -4.17. The van der Waals surface area contributed by atoms with E-state index in [1.54, 1.807) is 12.1 Å². The van der Waals surface area contributed by atoms with Gasteiger partial charge in [0.05, 0.1) is 6.42 Å². The first-order valence-corrected chi connectivity index (χ1v) is 5.42. The number of fused-ring (bicyclic) bond motifs is 1. The predicted octanol–water partition coefficient (Wildman–Crippen LogP) is 1.05. The normalized spacial score (nSPS) is 15.4. The van der Waals surface area contributed by atoms with Crippen LogP contribution in [0, 0.1) is 0 Å². The van der Waals surface area contributed by atoms with E-state index in [-0.39, 0.29) is 0 Å². The third kappa shape index (κ3) is 1.44. The smallest absolute Gasteiger partial charge is 0.271 e. The van der Waals surface area contributed by atoms with Crippen LogP contribution in [0.15, 0.2) is 24.3 Å². The fourth-order valence-corrected chi connectivity index (χ4v) is 2.21. The van der Waals surface area contributed by atoms with Crippen molar-refractivity contribution < 1.29 is 18.7 Å². The molecule has 5 heteroatoms. The molecule has 2 N–H and O–H groups in total. The highest BCUT2D eigenvalue weighted by Crippen LogP contribution is 2.44. The Morgan fingerprint density at radius 1 is 1.31 bits per heavy atom. The van der Waals surface area contributed by atoms with Gasteiger partial charge in [-0.1, -0.05) is 18.2 Å². The molecule has 0 saturated carbocycles. The highest BCUT2D eigenvalue weighted by Gasteiger charge is 2.36. The van der Waals surface area contributed by atoms with Crippen LogP contribution in [-0.4, -0.2) is 20.3 Å². The van der Waals surface area contributed by atoms with Crippen LogP contribution in [0.5, 0.6) is 0 Å². The first-order chi connectivity index (χ1) is 6.09. The molecule has 0 saturated heterocycles. The third-order valence-electron chi connectivity index (χ3n) is 2.00. The van der Waals surface area contributed by atoms with Gasteiger partial charge in [0.25, 0.3) is 0 Å². The molecule has 68 valence electrons. The lowest BCUT2D eigenvalue weighted by Crippen LogP contribution is -1.98. The fraction of sp³-hybridized carbons (Fsp3) is 0.125. The van der Waals surface area contributed by atoms with Gasteiger partial charge in [0.1, 0.15) is 0 Å². The van der Waals surface area contributed by atoms with E-state index in [9.17, 15) is 4.57 Å². The lowest BCUT2D eigenvalue weighted by atomic mass is 10.2. The van der Waals surface area contributed by atoms with Crippen LogP contribution >= 0.6 is 7.75 Å². The summed E-state index contributed by atoms with van der Waals surface area (Å²) in [5.41, 5.74) is 1.56. The summed E-state index contributed by atoms with van der Waals surface area (Å²) in [5, 5.41) is 0. The maximum Gasteiger partial charge on any atom is 0.607 e. The van der Waals surface area contributed by atoms with Crippen LogP contribution in [0.4, 0.5) is 5.69 Å². The van der Waals surface area contributed by atoms with Crippen LogP contribution < -0.4 is 0 Å². The molecule has 1 aliphatic heterocycles. The Bertz CT molecular complexity index is 421. The summed E-state index contributed by atoms with van der Waals surface area (Å²) in [5.74, 6) is 0. The summed E-state index contributed by atoms with van der Waals surface area (Å²) in [7, 11) is -4.17. The molecule has 0 fully saturated rings. The summed E-state index contributed by atoms with van der Waals surface area (Å²) in [6, 6.07) is 7.19. The zero-order valence-corrected chi connectivity index (χ0v) is 7.69. The predicted molar refractivity (Wildman–Crippen MR) is 48.2 cm³/mol. The molecule has 0 spiro atoms. The van der Waals surface area contributed by atoms with E-state index in [0.29, 0.717) is 12.1 Å². The first kappa shape index (κ1) is 8.63. The second-order valence-electron chi connectivity index (χ2n) is 2.87.